The fourth-order valence-electron chi connectivity index (χ4n) is 2.81. The number of rotatable bonds is 2. The van der Waals surface area contributed by atoms with E-state index in [9.17, 15) is 9.59 Å². The van der Waals surface area contributed by atoms with Gasteiger partial charge in [0.2, 0.25) is 0 Å². The maximum atomic E-state index is 12.8. The van der Waals surface area contributed by atoms with E-state index in [1.807, 2.05) is 0 Å². The molecule has 0 atom stereocenters. The molecule has 3 aromatic rings. The normalized spacial score (nSPS) is 13.7. The average molecular weight is 308 g/mol. The number of nitrogens with zero attached hydrogens (tertiary/aromatic N) is 3. The number of anilines is 1. The molecule has 0 aliphatic carbocycles. The first kappa shape index (κ1) is 13.4. The number of aromatic nitrogens is 3. The molecule has 2 amide bonds. The summed E-state index contributed by atoms with van der Waals surface area (Å²) < 4.78 is 5.10. The first-order valence-electron chi connectivity index (χ1n) is 6.98. The molecule has 7 nitrogen and oxygen atoms in total. The van der Waals surface area contributed by atoms with E-state index in [1.54, 1.807) is 38.3 Å². The molecule has 0 unspecified atom stereocenters. The molecule has 0 bridgehead atoms. The number of carbonyl (C=O) groups is 2. The number of ether oxygens (including phenoxy) is 1. The predicted octanol–water partition coefficient (Wildman–Crippen LogP) is 2.08. The summed E-state index contributed by atoms with van der Waals surface area (Å²) in [5.41, 5.74) is 2.28. The summed E-state index contributed by atoms with van der Waals surface area (Å²) in [6, 6.07) is 6.76. The maximum absolute atomic E-state index is 12.8. The van der Waals surface area contributed by atoms with Crippen LogP contribution in [0.2, 0.25) is 0 Å². The average Bonchev–Trinajstić information content (AvgIpc) is 3.06. The molecule has 1 aromatic carbocycles. The van der Waals surface area contributed by atoms with Crippen molar-refractivity contribution < 1.29 is 14.3 Å². The number of methoxy groups -OCH3 is 1. The van der Waals surface area contributed by atoms with E-state index < -0.39 is 0 Å². The van der Waals surface area contributed by atoms with Gasteiger partial charge in [0.1, 0.15) is 5.75 Å². The number of fused-ring (bicyclic) bond motifs is 3. The number of aromatic amines is 1. The lowest BCUT2D eigenvalue weighted by molar-refractivity contribution is 0.0926. The topological polar surface area (TPSA) is 88.2 Å². The van der Waals surface area contributed by atoms with E-state index in [1.165, 1.54) is 6.20 Å². The molecule has 23 heavy (non-hydrogen) atoms. The Hall–Kier alpha value is -3.22. The van der Waals surface area contributed by atoms with E-state index in [4.69, 9.17) is 4.74 Å². The minimum absolute atomic E-state index is 0.294. The van der Waals surface area contributed by atoms with Crippen LogP contribution in [0, 0.1) is 6.92 Å². The highest BCUT2D eigenvalue weighted by Gasteiger charge is 2.39. The third kappa shape index (κ3) is 1.76. The molecular weight excluding hydrogens is 296 g/mol. The number of carbonyl (C=O) groups excluding carboxylic acids is 2. The standard InChI is InChI=1S/C16H12N4O3/c1-8-12-13-11(7-17-14(12)19-18-8)15(21)20(16(13)22)9-3-5-10(23-2)6-4-9/h3-7H,1-2H3,(H,17,18,19). The second kappa shape index (κ2) is 4.64. The molecule has 1 aliphatic heterocycles. The van der Waals surface area contributed by atoms with Crippen molar-refractivity contribution in [2.24, 2.45) is 0 Å². The lowest BCUT2D eigenvalue weighted by atomic mass is 10.1. The van der Waals surface area contributed by atoms with Crippen molar-refractivity contribution in [2.75, 3.05) is 12.0 Å². The van der Waals surface area contributed by atoms with Crippen LogP contribution in [0.4, 0.5) is 5.69 Å². The molecule has 1 N–H and O–H groups in total. The zero-order chi connectivity index (χ0) is 16.1. The van der Waals surface area contributed by atoms with Gasteiger partial charge in [0.25, 0.3) is 11.8 Å². The van der Waals surface area contributed by atoms with Gasteiger partial charge in [0.15, 0.2) is 5.65 Å². The van der Waals surface area contributed by atoms with Crippen LogP contribution in [0.3, 0.4) is 0 Å². The Balaban J connectivity index is 1.88. The smallest absolute Gasteiger partial charge is 0.267 e. The Labute approximate surface area is 130 Å². The van der Waals surface area contributed by atoms with Crippen molar-refractivity contribution in [3.05, 3.63) is 47.3 Å². The molecule has 114 valence electrons. The van der Waals surface area contributed by atoms with Crippen molar-refractivity contribution >= 4 is 28.5 Å². The Morgan fingerprint density at radius 2 is 1.87 bits per heavy atom. The van der Waals surface area contributed by atoms with Crippen LogP contribution in [0.25, 0.3) is 11.0 Å². The van der Waals surface area contributed by atoms with E-state index in [-0.39, 0.29) is 11.8 Å². The monoisotopic (exact) mass is 308 g/mol. The Morgan fingerprint density at radius 3 is 2.57 bits per heavy atom. The molecule has 0 radical (unpaired) electrons. The second-order valence-electron chi connectivity index (χ2n) is 5.24. The molecule has 0 saturated heterocycles. The van der Waals surface area contributed by atoms with Crippen LogP contribution >= 0.6 is 0 Å². The molecule has 0 saturated carbocycles. The highest BCUT2D eigenvalue weighted by molar-refractivity contribution is 6.37. The third-order valence-corrected chi connectivity index (χ3v) is 3.94. The Morgan fingerprint density at radius 1 is 1.13 bits per heavy atom. The zero-order valence-corrected chi connectivity index (χ0v) is 12.5. The maximum Gasteiger partial charge on any atom is 0.267 e. The fourth-order valence-corrected chi connectivity index (χ4v) is 2.81. The predicted molar refractivity (Wildman–Crippen MR) is 82.8 cm³/mol. The van der Waals surface area contributed by atoms with Crippen LogP contribution < -0.4 is 9.64 Å². The summed E-state index contributed by atoms with van der Waals surface area (Å²) in [6.07, 6.45) is 1.40. The SMILES string of the molecule is COc1ccc(N2C(=O)c3cnc4n[nH]c(C)c4c3C2=O)cc1. The lowest BCUT2D eigenvalue weighted by Gasteiger charge is -2.14. The van der Waals surface area contributed by atoms with Gasteiger partial charge in [0, 0.05) is 11.9 Å². The van der Waals surface area contributed by atoms with Crippen molar-refractivity contribution in [1.29, 1.82) is 0 Å². The number of H-pyrrole nitrogens is 1. The van der Waals surface area contributed by atoms with Gasteiger partial charge in [-0.25, -0.2) is 9.88 Å². The van der Waals surface area contributed by atoms with Gasteiger partial charge in [-0.3, -0.25) is 14.7 Å². The number of hydrogen-bond donors (Lipinski definition) is 1. The van der Waals surface area contributed by atoms with Gasteiger partial charge < -0.3 is 4.74 Å². The van der Waals surface area contributed by atoms with E-state index >= 15 is 0 Å². The number of pyridine rings is 1. The summed E-state index contributed by atoms with van der Waals surface area (Å²) in [4.78, 5) is 30.8. The van der Waals surface area contributed by atoms with Crippen LogP contribution in [0.15, 0.2) is 30.5 Å². The molecule has 0 fully saturated rings. The number of amides is 2. The van der Waals surface area contributed by atoms with Crippen molar-refractivity contribution in [3.63, 3.8) is 0 Å². The number of hydrogen-bond acceptors (Lipinski definition) is 5. The van der Waals surface area contributed by atoms with Crippen LogP contribution in [0.5, 0.6) is 5.75 Å². The largest absolute Gasteiger partial charge is 0.497 e. The first-order chi connectivity index (χ1) is 11.1. The number of aryl methyl sites for hydroxylation is 1. The van der Waals surface area contributed by atoms with Gasteiger partial charge in [-0.1, -0.05) is 0 Å². The molecule has 3 heterocycles. The van der Waals surface area contributed by atoms with Crippen LogP contribution in [-0.2, 0) is 0 Å². The number of benzene rings is 1. The Kier molecular flexibility index (Phi) is 2.71. The minimum Gasteiger partial charge on any atom is -0.497 e. The number of nitrogens with one attached hydrogen (secondary N) is 1. The van der Waals surface area contributed by atoms with Crippen LogP contribution in [-0.4, -0.2) is 34.1 Å². The molecule has 1 aliphatic rings. The fraction of sp³-hybridized carbons (Fsp3) is 0.125. The van der Waals surface area contributed by atoms with Gasteiger partial charge in [0.05, 0.1) is 29.3 Å². The summed E-state index contributed by atoms with van der Waals surface area (Å²) >= 11 is 0. The molecular formula is C16H12N4O3. The van der Waals surface area contributed by atoms with Gasteiger partial charge >= 0.3 is 0 Å². The number of imide groups is 1. The third-order valence-electron chi connectivity index (χ3n) is 3.94. The van der Waals surface area contributed by atoms with Crippen LogP contribution in [0.1, 0.15) is 26.4 Å². The van der Waals surface area contributed by atoms with Crippen molar-refractivity contribution in [1.82, 2.24) is 15.2 Å². The van der Waals surface area contributed by atoms with Crippen molar-refractivity contribution in [3.8, 4) is 5.75 Å². The highest BCUT2D eigenvalue weighted by atomic mass is 16.5. The summed E-state index contributed by atoms with van der Waals surface area (Å²) in [5.74, 6) is -0.0997. The molecule has 4 rings (SSSR count). The van der Waals surface area contributed by atoms with E-state index in [0.717, 1.165) is 4.90 Å². The van der Waals surface area contributed by atoms with E-state index in [2.05, 4.69) is 15.2 Å². The summed E-state index contributed by atoms with van der Waals surface area (Å²) in [6.45, 7) is 1.80. The molecule has 7 heteroatoms. The van der Waals surface area contributed by atoms with Gasteiger partial charge in [-0.2, -0.15) is 5.10 Å². The van der Waals surface area contributed by atoms with Crippen molar-refractivity contribution in [2.45, 2.75) is 6.92 Å². The summed E-state index contributed by atoms with van der Waals surface area (Å²) in [5, 5.41) is 7.44. The quantitative estimate of drug-likeness (QED) is 0.732. The van der Waals surface area contributed by atoms with Gasteiger partial charge in [-0.05, 0) is 31.2 Å². The molecule has 0 spiro atoms. The molecule has 2 aromatic heterocycles. The minimum atomic E-state index is -0.384. The van der Waals surface area contributed by atoms with Gasteiger partial charge in [-0.15, -0.1) is 0 Å². The summed E-state index contributed by atoms with van der Waals surface area (Å²) in [7, 11) is 1.56. The lowest BCUT2D eigenvalue weighted by Crippen LogP contribution is -2.29. The zero-order valence-electron chi connectivity index (χ0n) is 12.5. The Bertz CT molecular complexity index is 959. The second-order valence-corrected chi connectivity index (χ2v) is 5.24. The highest BCUT2D eigenvalue weighted by Crippen LogP contribution is 2.33. The first-order valence-corrected chi connectivity index (χ1v) is 6.98. The van der Waals surface area contributed by atoms with E-state index in [0.29, 0.717) is 39.3 Å².